The minimum Gasteiger partial charge on any atom is -0.435 e. The van der Waals surface area contributed by atoms with Gasteiger partial charge in [-0.1, -0.05) is 59.1 Å². The number of nitrogens with zero attached hydrogens (tertiary/aromatic N) is 2. The van der Waals surface area contributed by atoms with Gasteiger partial charge < -0.3 is 8.92 Å². The second-order valence-electron chi connectivity index (χ2n) is 6.63. The molecule has 3 aromatic rings. The van der Waals surface area contributed by atoms with E-state index >= 15 is 0 Å². The summed E-state index contributed by atoms with van der Waals surface area (Å²) in [6.45, 7) is 5.89. The number of halogens is 2. The molecule has 6 nitrogen and oxygen atoms in total. The zero-order valence-corrected chi connectivity index (χ0v) is 19.0. The smallest absolute Gasteiger partial charge is 0.339 e. The predicted octanol–water partition coefficient (Wildman–Crippen LogP) is 5.88. The van der Waals surface area contributed by atoms with Crippen LogP contribution in [0.4, 0.5) is 0 Å². The molecule has 0 fully saturated rings. The lowest BCUT2D eigenvalue weighted by Gasteiger charge is -2.15. The molecule has 0 aliphatic heterocycles. The molecule has 2 aromatic carbocycles. The van der Waals surface area contributed by atoms with Crippen molar-refractivity contribution in [1.82, 2.24) is 10.2 Å². The molecule has 0 spiro atoms. The Kier molecular flexibility index (Phi) is 6.45. The molecule has 0 saturated carbocycles. The van der Waals surface area contributed by atoms with Crippen molar-refractivity contribution in [3.05, 3.63) is 69.3 Å². The Morgan fingerprint density at radius 3 is 2.34 bits per heavy atom. The molecular formula is C20H18BrClN2O4S. The van der Waals surface area contributed by atoms with E-state index in [2.05, 4.69) is 26.1 Å². The van der Waals surface area contributed by atoms with Gasteiger partial charge in [-0.3, -0.25) is 0 Å². The standard InChI is InChI=1S/C20H18BrClN2O4S/c1-12(2)16-10-14(21)6-9-17(16)27-20-18(11-19(22)23-24-20)28-29(25,26)15-7-4-13(3)5-8-15/h4-12H,1-3H3. The first-order valence-electron chi connectivity index (χ1n) is 8.67. The minimum absolute atomic E-state index is 0.00787. The Bertz CT molecular complexity index is 1140. The quantitative estimate of drug-likeness (QED) is 0.395. The van der Waals surface area contributed by atoms with E-state index in [1.165, 1.54) is 18.2 Å². The summed E-state index contributed by atoms with van der Waals surface area (Å²) in [7, 11) is -4.11. The number of rotatable bonds is 6. The minimum atomic E-state index is -4.11. The molecule has 0 radical (unpaired) electrons. The third-order valence-electron chi connectivity index (χ3n) is 4.01. The van der Waals surface area contributed by atoms with Crippen LogP contribution in [0, 0.1) is 6.92 Å². The lowest BCUT2D eigenvalue weighted by atomic mass is 10.0. The average Bonchev–Trinajstić information content (AvgIpc) is 2.65. The average molecular weight is 498 g/mol. The van der Waals surface area contributed by atoms with Crippen molar-refractivity contribution in [2.45, 2.75) is 31.6 Å². The third kappa shape index (κ3) is 5.26. The highest BCUT2D eigenvalue weighted by Gasteiger charge is 2.22. The van der Waals surface area contributed by atoms with Crippen LogP contribution in [0.1, 0.15) is 30.9 Å². The number of ether oxygens (including phenoxy) is 1. The number of hydrogen-bond acceptors (Lipinski definition) is 6. The van der Waals surface area contributed by atoms with E-state index in [9.17, 15) is 8.42 Å². The van der Waals surface area contributed by atoms with Gasteiger partial charge in [0.25, 0.3) is 5.88 Å². The van der Waals surface area contributed by atoms with Gasteiger partial charge in [0.1, 0.15) is 10.6 Å². The van der Waals surface area contributed by atoms with Crippen LogP contribution in [0.2, 0.25) is 5.15 Å². The first-order chi connectivity index (χ1) is 13.7. The summed E-state index contributed by atoms with van der Waals surface area (Å²) in [6, 6.07) is 13.0. The summed E-state index contributed by atoms with van der Waals surface area (Å²) in [4.78, 5) is 0.00787. The Balaban J connectivity index is 1.98. The summed E-state index contributed by atoms with van der Waals surface area (Å²) in [6.07, 6.45) is 0. The van der Waals surface area contributed by atoms with E-state index in [1.807, 2.05) is 32.9 Å². The number of benzene rings is 2. The number of aromatic nitrogens is 2. The van der Waals surface area contributed by atoms with Gasteiger partial charge in [0.2, 0.25) is 5.75 Å². The molecule has 0 aliphatic rings. The Morgan fingerprint density at radius 1 is 1.00 bits per heavy atom. The van der Waals surface area contributed by atoms with Crippen LogP contribution in [-0.4, -0.2) is 18.6 Å². The second-order valence-corrected chi connectivity index (χ2v) is 9.48. The summed E-state index contributed by atoms with van der Waals surface area (Å²) in [5, 5.41) is 7.61. The molecule has 29 heavy (non-hydrogen) atoms. The van der Waals surface area contributed by atoms with Gasteiger partial charge in [0.15, 0.2) is 5.15 Å². The van der Waals surface area contributed by atoms with Crippen LogP contribution < -0.4 is 8.92 Å². The summed E-state index contributed by atoms with van der Waals surface area (Å²) in [5.74, 6) is 0.415. The van der Waals surface area contributed by atoms with Crippen LogP contribution in [0.3, 0.4) is 0 Å². The summed E-state index contributed by atoms with van der Waals surface area (Å²) < 4.78 is 37.4. The largest absolute Gasteiger partial charge is 0.435 e. The molecule has 0 saturated heterocycles. The maximum atomic E-state index is 12.7. The normalized spacial score (nSPS) is 11.5. The SMILES string of the molecule is Cc1ccc(S(=O)(=O)Oc2cc(Cl)nnc2Oc2ccc(Br)cc2C(C)C)cc1. The van der Waals surface area contributed by atoms with Crippen LogP contribution in [0.5, 0.6) is 17.4 Å². The highest BCUT2D eigenvalue weighted by atomic mass is 79.9. The van der Waals surface area contributed by atoms with E-state index in [4.69, 9.17) is 20.5 Å². The van der Waals surface area contributed by atoms with Gasteiger partial charge in [0.05, 0.1) is 0 Å². The lowest BCUT2D eigenvalue weighted by Crippen LogP contribution is -2.11. The molecule has 1 aromatic heterocycles. The van der Waals surface area contributed by atoms with Gasteiger partial charge in [-0.25, -0.2) is 0 Å². The van der Waals surface area contributed by atoms with Crippen molar-refractivity contribution >= 4 is 37.6 Å². The predicted molar refractivity (Wildman–Crippen MR) is 114 cm³/mol. The maximum Gasteiger partial charge on any atom is 0.339 e. The van der Waals surface area contributed by atoms with Crippen molar-refractivity contribution in [3.8, 4) is 17.4 Å². The summed E-state index contributed by atoms with van der Waals surface area (Å²) in [5.41, 5.74) is 1.83. The molecule has 0 N–H and O–H groups in total. The van der Waals surface area contributed by atoms with Crippen molar-refractivity contribution in [1.29, 1.82) is 0 Å². The van der Waals surface area contributed by atoms with Gasteiger partial charge in [-0.15, -0.1) is 10.2 Å². The van der Waals surface area contributed by atoms with Crippen LogP contribution in [0.15, 0.2) is 57.9 Å². The molecule has 0 amide bonds. The van der Waals surface area contributed by atoms with Crippen LogP contribution >= 0.6 is 27.5 Å². The first-order valence-corrected chi connectivity index (χ1v) is 11.3. The van der Waals surface area contributed by atoms with Gasteiger partial charge in [-0.05, 0) is 48.7 Å². The first kappa shape index (κ1) is 21.5. The molecule has 0 atom stereocenters. The van der Waals surface area contributed by atoms with Crippen molar-refractivity contribution in [2.24, 2.45) is 0 Å². The molecule has 9 heteroatoms. The highest BCUT2D eigenvalue weighted by molar-refractivity contribution is 9.10. The Labute approximate surface area is 183 Å². The Hall–Kier alpha value is -2.16. The van der Waals surface area contributed by atoms with E-state index < -0.39 is 10.1 Å². The number of aryl methyl sites for hydroxylation is 1. The van der Waals surface area contributed by atoms with Crippen molar-refractivity contribution < 1.29 is 17.3 Å². The fraction of sp³-hybridized carbons (Fsp3) is 0.200. The van der Waals surface area contributed by atoms with E-state index in [1.54, 1.807) is 18.2 Å². The monoisotopic (exact) mass is 496 g/mol. The fourth-order valence-electron chi connectivity index (χ4n) is 2.51. The molecule has 0 aliphatic carbocycles. The van der Waals surface area contributed by atoms with Crippen LogP contribution in [-0.2, 0) is 10.1 Å². The topological polar surface area (TPSA) is 78.4 Å². The highest BCUT2D eigenvalue weighted by Crippen LogP contribution is 2.37. The van der Waals surface area contributed by atoms with E-state index in [0.717, 1.165) is 15.6 Å². The van der Waals surface area contributed by atoms with Crippen molar-refractivity contribution in [3.63, 3.8) is 0 Å². The van der Waals surface area contributed by atoms with Gasteiger partial charge in [-0.2, -0.15) is 8.42 Å². The Morgan fingerprint density at radius 2 is 1.69 bits per heavy atom. The summed E-state index contributed by atoms with van der Waals surface area (Å²) >= 11 is 9.35. The fourth-order valence-corrected chi connectivity index (χ4v) is 3.95. The maximum absolute atomic E-state index is 12.7. The van der Waals surface area contributed by atoms with E-state index in [-0.39, 0.29) is 27.6 Å². The molecular weight excluding hydrogens is 480 g/mol. The lowest BCUT2D eigenvalue weighted by molar-refractivity contribution is 0.410. The molecule has 1 heterocycles. The zero-order chi connectivity index (χ0) is 21.2. The van der Waals surface area contributed by atoms with Crippen LogP contribution in [0.25, 0.3) is 0 Å². The third-order valence-corrected chi connectivity index (χ3v) is 5.93. The molecule has 0 unspecified atom stereocenters. The van der Waals surface area contributed by atoms with Gasteiger partial charge in [0, 0.05) is 10.5 Å². The second kappa shape index (κ2) is 8.69. The molecule has 3 rings (SSSR count). The molecule has 152 valence electrons. The molecule has 0 bridgehead atoms. The number of hydrogen-bond donors (Lipinski definition) is 0. The zero-order valence-electron chi connectivity index (χ0n) is 15.9. The van der Waals surface area contributed by atoms with Gasteiger partial charge >= 0.3 is 10.1 Å². The van der Waals surface area contributed by atoms with Crippen molar-refractivity contribution in [2.75, 3.05) is 0 Å². The van der Waals surface area contributed by atoms with E-state index in [0.29, 0.717) is 5.75 Å².